The molecule has 0 radical (unpaired) electrons. The predicted molar refractivity (Wildman–Crippen MR) is 47.2 cm³/mol. The van der Waals surface area contributed by atoms with Gasteiger partial charge in [0.25, 0.3) is 0 Å². The fourth-order valence-electron chi connectivity index (χ4n) is 1.83. The average molecular weight is 222 g/mol. The molecule has 0 spiro atoms. The average Bonchev–Trinajstić information content (AvgIpc) is 2.82. The summed E-state index contributed by atoms with van der Waals surface area (Å²) in [5.74, 6) is -0.0707. The van der Waals surface area contributed by atoms with Crippen molar-refractivity contribution in [2.45, 2.75) is 43.4 Å². The van der Waals surface area contributed by atoms with Gasteiger partial charge in [-0.25, -0.2) is 0 Å². The third-order valence-corrected chi connectivity index (χ3v) is 3.06. The van der Waals surface area contributed by atoms with Gasteiger partial charge in [0.2, 0.25) is 5.91 Å². The second-order valence-corrected chi connectivity index (χ2v) is 4.26. The minimum absolute atomic E-state index is 0.0707. The summed E-state index contributed by atoms with van der Waals surface area (Å²) >= 11 is 0. The fourth-order valence-corrected chi connectivity index (χ4v) is 1.83. The van der Waals surface area contributed by atoms with Gasteiger partial charge in [0.05, 0.1) is 0 Å². The van der Waals surface area contributed by atoms with Gasteiger partial charge in [-0.1, -0.05) is 0 Å². The van der Waals surface area contributed by atoms with Crippen LogP contribution in [0.5, 0.6) is 0 Å². The van der Waals surface area contributed by atoms with Gasteiger partial charge in [-0.15, -0.1) is 0 Å². The zero-order valence-electron chi connectivity index (χ0n) is 8.16. The van der Waals surface area contributed by atoms with Gasteiger partial charge >= 0.3 is 6.18 Å². The first-order valence-corrected chi connectivity index (χ1v) is 5.04. The number of hydrogen-bond acceptors (Lipinski definition) is 2. The Morgan fingerprint density at radius 3 is 2.53 bits per heavy atom. The minimum Gasteiger partial charge on any atom is -0.352 e. The normalized spacial score (nSPS) is 29.0. The van der Waals surface area contributed by atoms with Crippen molar-refractivity contribution in [3.05, 3.63) is 0 Å². The maximum atomic E-state index is 12.5. The Morgan fingerprint density at radius 2 is 2.13 bits per heavy atom. The first kappa shape index (κ1) is 10.7. The summed E-state index contributed by atoms with van der Waals surface area (Å²) in [6.45, 7) is 0.214. The summed E-state index contributed by atoms with van der Waals surface area (Å²) in [5, 5.41) is 5.17. The number of amides is 1. The molecule has 1 amide bonds. The molecule has 1 unspecified atom stereocenters. The third kappa shape index (κ3) is 2.09. The molecule has 0 aromatic rings. The Hall–Kier alpha value is -0.780. The molecule has 6 heteroatoms. The van der Waals surface area contributed by atoms with Crippen LogP contribution in [-0.4, -0.2) is 30.2 Å². The SMILES string of the molecule is O=C1CCC(CNC2(C(F)(F)F)CC2)N1. The Kier molecular flexibility index (Phi) is 2.41. The van der Waals surface area contributed by atoms with Crippen LogP contribution >= 0.6 is 0 Å². The maximum absolute atomic E-state index is 12.5. The van der Waals surface area contributed by atoms with E-state index in [1.165, 1.54) is 0 Å². The molecule has 0 aromatic carbocycles. The number of alkyl halides is 3. The highest BCUT2D eigenvalue weighted by Gasteiger charge is 2.63. The monoisotopic (exact) mass is 222 g/mol. The van der Waals surface area contributed by atoms with E-state index in [0.717, 1.165) is 0 Å². The van der Waals surface area contributed by atoms with Crippen molar-refractivity contribution in [3.63, 3.8) is 0 Å². The van der Waals surface area contributed by atoms with Gasteiger partial charge in [0, 0.05) is 19.0 Å². The van der Waals surface area contributed by atoms with Crippen molar-refractivity contribution in [2.75, 3.05) is 6.54 Å². The minimum atomic E-state index is -4.17. The highest BCUT2D eigenvalue weighted by Crippen LogP contribution is 2.48. The molecular formula is C9H13F3N2O. The van der Waals surface area contributed by atoms with Crippen molar-refractivity contribution in [1.29, 1.82) is 0 Å². The molecule has 15 heavy (non-hydrogen) atoms. The van der Waals surface area contributed by atoms with Crippen molar-refractivity contribution in [3.8, 4) is 0 Å². The van der Waals surface area contributed by atoms with E-state index in [-0.39, 0.29) is 31.3 Å². The van der Waals surface area contributed by atoms with Crippen LogP contribution in [-0.2, 0) is 4.79 Å². The molecule has 1 heterocycles. The topological polar surface area (TPSA) is 41.1 Å². The summed E-state index contributed by atoms with van der Waals surface area (Å²) < 4.78 is 37.5. The van der Waals surface area contributed by atoms with Gasteiger partial charge in [-0.05, 0) is 19.3 Å². The van der Waals surface area contributed by atoms with Gasteiger partial charge in [0.1, 0.15) is 5.54 Å². The van der Waals surface area contributed by atoms with Gasteiger partial charge < -0.3 is 10.6 Å². The predicted octanol–water partition coefficient (Wildman–Crippen LogP) is 0.949. The lowest BCUT2D eigenvalue weighted by molar-refractivity contribution is -0.165. The smallest absolute Gasteiger partial charge is 0.352 e. The zero-order chi connectivity index (χ0) is 11.1. The fraction of sp³-hybridized carbons (Fsp3) is 0.889. The molecule has 1 saturated carbocycles. The Morgan fingerprint density at radius 1 is 1.47 bits per heavy atom. The van der Waals surface area contributed by atoms with Gasteiger partial charge in [0.15, 0.2) is 0 Å². The molecule has 2 rings (SSSR count). The van der Waals surface area contributed by atoms with E-state index < -0.39 is 11.7 Å². The third-order valence-electron chi connectivity index (χ3n) is 3.06. The quantitative estimate of drug-likeness (QED) is 0.746. The molecule has 0 bridgehead atoms. The highest BCUT2D eigenvalue weighted by molar-refractivity contribution is 5.78. The first-order valence-electron chi connectivity index (χ1n) is 5.04. The van der Waals surface area contributed by atoms with Crippen LogP contribution in [0, 0.1) is 0 Å². The summed E-state index contributed by atoms with van der Waals surface area (Å²) in [6.07, 6.45) is -2.82. The zero-order valence-corrected chi connectivity index (χ0v) is 8.16. The Labute approximate surface area is 85.4 Å². The number of carbonyl (C=O) groups excluding carboxylic acids is 1. The lowest BCUT2D eigenvalue weighted by Gasteiger charge is -2.22. The van der Waals surface area contributed by atoms with E-state index in [4.69, 9.17) is 0 Å². The second kappa shape index (κ2) is 3.37. The summed E-state index contributed by atoms with van der Waals surface area (Å²) in [5.41, 5.74) is -1.67. The Bertz CT molecular complexity index is 273. The largest absolute Gasteiger partial charge is 0.406 e. The van der Waals surface area contributed by atoms with Gasteiger partial charge in [-0.2, -0.15) is 13.2 Å². The lowest BCUT2D eigenvalue weighted by Crippen LogP contribution is -2.49. The Balaban J connectivity index is 1.81. The molecule has 1 aliphatic heterocycles. The molecule has 2 aliphatic rings. The van der Waals surface area contributed by atoms with Crippen molar-refractivity contribution in [1.82, 2.24) is 10.6 Å². The maximum Gasteiger partial charge on any atom is 0.406 e. The van der Waals surface area contributed by atoms with Gasteiger partial charge in [-0.3, -0.25) is 4.79 Å². The molecule has 1 atom stereocenters. The van der Waals surface area contributed by atoms with Crippen LogP contribution in [0.15, 0.2) is 0 Å². The summed E-state index contributed by atoms with van der Waals surface area (Å²) in [6, 6.07) is -0.141. The molecule has 86 valence electrons. The van der Waals surface area contributed by atoms with Crippen LogP contribution in [0.2, 0.25) is 0 Å². The van der Waals surface area contributed by atoms with E-state index in [1.54, 1.807) is 0 Å². The molecule has 1 aliphatic carbocycles. The lowest BCUT2D eigenvalue weighted by atomic mass is 10.2. The number of halogens is 3. The van der Waals surface area contributed by atoms with Crippen LogP contribution in [0.4, 0.5) is 13.2 Å². The number of rotatable bonds is 3. The van der Waals surface area contributed by atoms with E-state index in [9.17, 15) is 18.0 Å². The van der Waals surface area contributed by atoms with E-state index in [1.807, 2.05) is 0 Å². The number of carbonyl (C=O) groups is 1. The van der Waals surface area contributed by atoms with Crippen LogP contribution < -0.4 is 10.6 Å². The van der Waals surface area contributed by atoms with E-state index in [2.05, 4.69) is 10.6 Å². The molecule has 1 saturated heterocycles. The first-order chi connectivity index (χ1) is 6.93. The van der Waals surface area contributed by atoms with E-state index >= 15 is 0 Å². The summed E-state index contributed by atoms with van der Waals surface area (Å²) in [7, 11) is 0. The van der Waals surface area contributed by atoms with Crippen LogP contribution in [0.25, 0.3) is 0 Å². The molecule has 0 aromatic heterocycles. The standard InChI is InChI=1S/C9H13F3N2O/c10-9(11,12)8(3-4-8)13-5-6-1-2-7(15)14-6/h6,13H,1-5H2,(H,14,15). The molecule has 3 nitrogen and oxygen atoms in total. The number of hydrogen-bond donors (Lipinski definition) is 2. The second-order valence-electron chi connectivity index (χ2n) is 4.26. The van der Waals surface area contributed by atoms with Crippen molar-refractivity contribution in [2.24, 2.45) is 0 Å². The molecule has 2 fully saturated rings. The highest BCUT2D eigenvalue weighted by atomic mass is 19.4. The van der Waals surface area contributed by atoms with E-state index in [0.29, 0.717) is 12.8 Å². The summed E-state index contributed by atoms with van der Waals surface area (Å²) in [4.78, 5) is 10.8. The van der Waals surface area contributed by atoms with Crippen LogP contribution in [0.1, 0.15) is 25.7 Å². The van der Waals surface area contributed by atoms with Crippen molar-refractivity contribution >= 4 is 5.91 Å². The molecular weight excluding hydrogens is 209 g/mol. The number of nitrogens with one attached hydrogen (secondary N) is 2. The van der Waals surface area contributed by atoms with Crippen molar-refractivity contribution < 1.29 is 18.0 Å². The van der Waals surface area contributed by atoms with Crippen LogP contribution in [0.3, 0.4) is 0 Å². The molecule has 2 N–H and O–H groups in total.